The summed E-state index contributed by atoms with van der Waals surface area (Å²) in [6.45, 7) is 19.1. The summed E-state index contributed by atoms with van der Waals surface area (Å²) in [4.78, 5) is 10.9. The van der Waals surface area contributed by atoms with Gasteiger partial charge < -0.3 is 21.3 Å². The van der Waals surface area contributed by atoms with Gasteiger partial charge in [-0.15, -0.1) is 0 Å². The highest BCUT2D eigenvalue weighted by molar-refractivity contribution is 6.04. The Hall–Kier alpha value is -2.76. The number of amidine groups is 1. The minimum atomic E-state index is 0. The molecule has 6 nitrogen and oxygen atoms in total. The molecule has 172 valence electrons. The second-order valence-electron chi connectivity index (χ2n) is 6.15. The van der Waals surface area contributed by atoms with Crippen molar-refractivity contribution in [1.82, 2.24) is 15.2 Å². The van der Waals surface area contributed by atoms with Gasteiger partial charge in [0.05, 0.1) is 11.9 Å². The lowest BCUT2D eigenvalue weighted by molar-refractivity contribution is 0.426. The molecule has 2 aliphatic heterocycles. The molecule has 1 aromatic rings. The highest BCUT2D eigenvalue weighted by atomic mass is 15.2. The SMILES string of the molecule is C=Cc1cc(NC)ncc1N.CC.CC.CCN=C1NC=C/C1=C(/C)N1CCCC1.[HH].[HH]. The number of hydrogen-bond acceptors (Lipinski definition) is 5. The molecule has 0 saturated carbocycles. The zero-order valence-corrected chi connectivity index (χ0v) is 20.0. The van der Waals surface area contributed by atoms with Crippen molar-refractivity contribution in [3.05, 3.63) is 48.0 Å². The Kier molecular flexibility index (Phi) is 14.6. The maximum atomic E-state index is 5.59. The number of allylic oxidation sites excluding steroid dienone is 1. The van der Waals surface area contributed by atoms with Crippen molar-refractivity contribution in [3.8, 4) is 0 Å². The van der Waals surface area contributed by atoms with Crippen LogP contribution in [-0.4, -0.2) is 42.4 Å². The van der Waals surface area contributed by atoms with Crippen LogP contribution in [-0.2, 0) is 0 Å². The summed E-state index contributed by atoms with van der Waals surface area (Å²) in [6, 6.07) is 1.85. The first kappa shape index (κ1) is 27.2. The van der Waals surface area contributed by atoms with Gasteiger partial charge in [0.25, 0.3) is 0 Å². The largest absolute Gasteiger partial charge is 0.397 e. The van der Waals surface area contributed by atoms with Crippen molar-refractivity contribution in [2.24, 2.45) is 4.99 Å². The molecule has 0 bridgehead atoms. The van der Waals surface area contributed by atoms with E-state index in [1.807, 2.05) is 47.0 Å². The summed E-state index contributed by atoms with van der Waals surface area (Å²) in [7, 11) is 1.81. The average Bonchev–Trinajstić information content (AvgIpc) is 3.50. The monoisotopic (exact) mass is 418 g/mol. The van der Waals surface area contributed by atoms with E-state index in [4.69, 9.17) is 5.73 Å². The molecule has 3 rings (SSSR count). The summed E-state index contributed by atoms with van der Waals surface area (Å²) in [5.41, 5.74) is 9.78. The Morgan fingerprint density at radius 2 is 1.97 bits per heavy atom. The molecule has 3 heterocycles. The molecular formula is C24H46N6. The number of hydrogen-bond donors (Lipinski definition) is 3. The fourth-order valence-electron chi connectivity index (χ4n) is 2.96. The smallest absolute Gasteiger partial charge is 0.134 e. The molecule has 0 spiro atoms. The van der Waals surface area contributed by atoms with Gasteiger partial charge in [-0.05, 0) is 38.8 Å². The Morgan fingerprint density at radius 1 is 1.33 bits per heavy atom. The lowest BCUT2D eigenvalue weighted by Crippen LogP contribution is -2.22. The van der Waals surface area contributed by atoms with E-state index in [0.29, 0.717) is 5.69 Å². The van der Waals surface area contributed by atoms with Gasteiger partial charge in [0.1, 0.15) is 11.7 Å². The van der Waals surface area contributed by atoms with E-state index in [2.05, 4.69) is 52.0 Å². The van der Waals surface area contributed by atoms with Crippen molar-refractivity contribution >= 4 is 23.4 Å². The topological polar surface area (TPSA) is 78.6 Å². The third-order valence-corrected chi connectivity index (χ3v) is 4.46. The maximum Gasteiger partial charge on any atom is 0.134 e. The second kappa shape index (κ2) is 16.1. The number of pyridine rings is 1. The second-order valence-corrected chi connectivity index (χ2v) is 6.15. The van der Waals surface area contributed by atoms with Gasteiger partial charge in [0.2, 0.25) is 0 Å². The van der Waals surface area contributed by atoms with Crippen LogP contribution in [0.25, 0.3) is 6.08 Å². The fraction of sp³-hybridized carbons (Fsp3) is 0.500. The summed E-state index contributed by atoms with van der Waals surface area (Å²) in [5.74, 6) is 1.83. The molecule has 0 unspecified atom stereocenters. The number of aliphatic imine (C=N–C) groups is 1. The third-order valence-electron chi connectivity index (χ3n) is 4.46. The first-order chi connectivity index (χ1) is 14.6. The van der Waals surface area contributed by atoms with Gasteiger partial charge in [-0.1, -0.05) is 40.3 Å². The van der Waals surface area contributed by atoms with Gasteiger partial charge in [0.15, 0.2) is 0 Å². The number of anilines is 2. The van der Waals surface area contributed by atoms with Crippen LogP contribution in [0, 0.1) is 0 Å². The van der Waals surface area contributed by atoms with Crippen molar-refractivity contribution in [1.29, 1.82) is 0 Å². The standard InChI is InChI=1S/C12H19N3.C8H11N3.2C2H6.2H2/c1-3-13-12-11(6-7-14-12)10(2)15-8-4-5-9-15;1-3-6-4-8(10-2)11-5-7(6)9;2*1-2;;/h6-7H,3-5,8-9H2,1-2H3,(H,13,14);3-5H,1,9H2,2H3,(H,10,11);2*1-2H3;2*1H/b11-10+;;;;;. The lowest BCUT2D eigenvalue weighted by atomic mass is 10.2. The van der Waals surface area contributed by atoms with E-state index in [0.717, 1.165) is 23.8 Å². The Morgan fingerprint density at radius 3 is 2.50 bits per heavy atom. The van der Waals surface area contributed by atoms with Crippen molar-refractivity contribution < 1.29 is 2.85 Å². The first-order valence-corrected chi connectivity index (χ1v) is 11.1. The molecule has 0 aliphatic carbocycles. The van der Waals surface area contributed by atoms with E-state index in [1.165, 1.54) is 37.2 Å². The van der Waals surface area contributed by atoms with Crippen LogP contribution in [0.5, 0.6) is 0 Å². The van der Waals surface area contributed by atoms with Gasteiger partial charge in [-0.3, -0.25) is 4.99 Å². The minimum absolute atomic E-state index is 0. The molecule has 0 atom stereocenters. The molecule has 1 aromatic heterocycles. The molecule has 4 N–H and O–H groups in total. The van der Waals surface area contributed by atoms with Gasteiger partial charge in [0, 0.05) is 52.6 Å². The summed E-state index contributed by atoms with van der Waals surface area (Å²) < 4.78 is 0. The van der Waals surface area contributed by atoms with E-state index in [9.17, 15) is 0 Å². The normalized spacial score (nSPS) is 16.9. The summed E-state index contributed by atoms with van der Waals surface area (Å²) in [5, 5.41) is 6.11. The van der Waals surface area contributed by atoms with Crippen LogP contribution in [0.15, 0.2) is 47.4 Å². The molecular weight excluding hydrogens is 372 g/mol. The number of likely N-dealkylation sites (tertiary alicyclic amines) is 1. The molecule has 30 heavy (non-hydrogen) atoms. The number of nitrogen functional groups attached to an aromatic ring is 1. The Balaban J connectivity index is -0.000000444. The van der Waals surface area contributed by atoms with Crippen LogP contribution in [0.2, 0.25) is 0 Å². The highest BCUT2D eigenvalue weighted by Crippen LogP contribution is 2.20. The van der Waals surface area contributed by atoms with Crippen LogP contribution < -0.4 is 16.4 Å². The first-order valence-electron chi connectivity index (χ1n) is 11.1. The fourth-order valence-corrected chi connectivity index (χ4v) is 2.96. The molecule has 6 heteroatoms. The maximum absolute atomic E-state index is 5.59. The van der Waals surface area contributed by atoms with Gasteiger partial charge in [-0.25, -0.2) is 4.98 Å². The predicted molar refractivity (Wildman–Crippen MR) is 139 cm³/mol. The van der Waals surface area contributed by atoms with Crippen molar-refractivity contribution in [2.75, 3.05) is 37.7 Å². The number of nitrogens with one attached hydrogen (secondary N) is 2. The highest BCUT2D eigenvalue weighted by Gasteiger charge is 2.18. The average molecular weight is 419 g/mol. The molecule has 2 aliphatic rings. The zero-order chi connectivity index (χ0) is 22.9. The summed E-state index contributed by atoms with van der Waals surface area (Å²) in [6.07, 6.45) is 10.1. The molecule has 0 radical (unpaired) electrons. The third kappa shape index (κ3) is 8.31. The van der Waals surface area contributed by atoms with E-state index >= 15 is 0 Å². The van der Waals surface area contributed by atoms with Crippen LogP contribution >= 0.6 is 0 Å². The Labute approximate surface area is 187 Å². The lowest BCUT2D eigenvalue weighted by Gasteiger charge is -2.20. The number of rotatable bonds is 4. The van der Waals surface area contributed by atoms with Crippen molar-refractivity contribution in [2.45, 2.75) is 54.4 Å². The van der Waals surface area contributed by atoms with E-state index < -0.39 is 0 Å². The molecule has 1 saturated heterocycles. The van der Waals surface area contributed by atoms with Crippen LogP contribution in [0.1, 0.15) is 62.8 Å². The molecule has 1 fully saturated rings. The van der Waals surface area contributed by atoms with E-state index in [1.54, 1.807) is 12.3 Å². The Bertz CT molecular complexity index is 723. The zero-order valence-electron chi connectivity index (χ0n) is 20.0. The summed E-state index contributed by atoms with van der Waals surface area (Å²) >= 11 is 0. The quantitative estimate of drug-likeness (QED) is 0.577. The van der Waals surface area contributed by atoms with Gasteiger partial charge in [-0.2, -0.15) is 0 Å². The van der Waals surface area contributed by atoms with Crippen LogP contribution in [0.4, 0.5) is 11.5 Å². The van der Waals surface area contributed by atoms with Gasteiger partial charge >= 0.3 is 0 Å². The number of nitrogens with two attached hydrogens (primary N) is 1. The molecule has 0 aromatic carbocycles. The van der Waals surface area contributed by atoms with Crippen molar-refractivity contribution in [3.63, 3.8) is 0 Å². The van der Waals surface area contributed by atoms with E-state index in [-0.39, 0.29) is 2.85 Å². The molecule has 0 amide bonds. The number of aromatic nitrogens is 1. The minimum Gasteiger partial charge on any atom is -0.397 e. The van der Waals surface area contributed by atoms with Crippen LogP contribution in [0.3, 0.4) is 0 Å². The predicted octanol–water partition coefficient (Wildman–Crippen LogP) is 5.78. The number of nitrogens with zero attached hydrogens (tertiary/aromatic N) is 3.